The number of carbonyl (C=O) groups is 2. The highest BCUT2D eigenvalue weighted by Crippen LogP contribution is 2.40. The van der Waals surface area contributed by atoms with Crippen LogP contribution in [0.25, 0.3) is 0 Å². The van der Waals surface area contributed by atoms with E-state index in [-0.39, 0.29) is 23.3 Å². The van der Waals surface area contributed by atoms with E-state index in [1.807, 2.05) is 0 Å². The van der Waals surface area contributed by atoms with Crippen LogP contribution in [0.15, 0.2) is 24.3 Å². The number of nitrogens with one attached hydrogen (secondary N) is 1. The van der Waals surface area contributed by atoms with Gasteiger partial charge in [-0.2, -0.15) is 0 Å². The molecular weight excluding hydrogens is 266 g/mol. The highest BCUT2D eigenvalue weighted by molar-refractivity contribution is 5.91. The van der Waals surface area contributed by atoms with Crippen molar-refractivity contribution in [3.8, 4) is 0 Å². The molecule has 0 aromatic heterocycles. The topological polar surface area (TPSA) is 66.4 Å². The number of hydrogen-bond donors (Lipinski definition) is 2. The molecule has 0 spiro atoms. The van der Waals surface area contributed by atoms with Gasteiger partial charge in [-0.25, -0.2) is 4.79 Å². The van der Waals surface area contributed by atoms with Crippen molar-refractivity contribution in [1.29, 1.82) is 0 Å². The van der Waals surface area contributed by atoms with Gasteiger partial charge in [-0.05, 0) is 36.3 Å². The van der Waals surface area contributed by atoms with Crippen LogP contribution in [0, 0.1) is 5.41 Å². The van der Waals surface area contributed by atoms with Gasteiger partial charge in [-0.15, -0.1) is 0 Å². The van der Waals surface area contributed by atoms with E-state index in [9.17, 15) is 9.59 Å². The van der Waals surface area contributed by atoms with Crippen LogP contribution in [0.5, 0.6) is 0 Å². The monoisotopic (exact) mass is 289 g/mol. The highest BCUT2D eigenvalue weighted by atomic mass is 16.4. The Kier molecular flexibility index (Phi) is 4.99. The van der Waals surface area contributed by atoms with Gasteiger partial charge in [-0.1, -0.05) is 38.0 Å². The van der Waals surface area contributed by atoms with E-state index in [2.05, 4.69) is 12.2 Å². The Morgan fingerprint density at radius 2 is 1.90 bits per heavy atom. The molecule has 0 unspecified atom stereocenters. The lowest BCUT2D eigenvalue weighted by Crippen LogP contribution is -2.36. The Hall–Kier alpha value is -1.84. The van der Waals surface area contributed by atoms with Gasteiger partial charge in [0.15, 0.2) is 0 Å². The lowest BCUT2D eigenvalue weighted by molar-refractivity contribution is -0.121. The summed E-state index contributed by atoms with van der Waals surface area (Å²) in [6, 6.07) is 6.68. The van der Waals surface area contributed by atoms with E-state index in [4.69, 9.17) is 5.11 Å². The Bertz CT molecular complexity index is 519. The fraction of sp³-hybridized carbons (Fsp3) is 0.529. The average Bonchev–Trinajstić information content (AvgIpc) is 2.95. The molecule has 114 valence electrons. The van der Waals surface area contributed by atoms with Crippen molar-refractivity contribution < 1.29 is 14.7 Å². The molecule has 2 N–H and O–H groups in total. The summed E-state index contributed by atoms with van der Waals surface area (Å²) in [7, 11) is 0. The number of carboxylic acids is 1. The third-order valence-corrected chi connectivity index (χ3v) is 4.67. The van der Waals surface area contributed by atoms with Crippen molar-refractivity contribution in [3.05, 3.63) is 35.4 Å². The smallest absolute Gasteiger partial charge is 0.335 e. The summed E-state index contributed by atoms with van der Waals surface area (Å²) >= 11 is 0. The van der Waals surface area contributed by atoms with Crippen LogP contribution in [0.4, 0.5) is 0 Å². The summed E-state index contributed by atoms with van der Waals surface area (Å²) in [5.74, 6) is -1.08. The molecule has 1 aliphatic carbocycles. The summed E-state index contributed by atoms with van der Waals surface area (Å²) in [5.41, 5.74) is 1.03. The van der Waals surface area contributed by atoms with Crippen LogP contribution in [0.3, 0.4) is 0 Å². The van der Waals surface area contributed by atoms with Crippen molar-refractivity contribution >= 4 is 11.9 Å². The van der Waals surface area contributed by atoms with Gasteiger partial charge in [0, 0.05) is 6.54 Å². The number of benzene rings is 1. The molecule has 4 nitrogen and oxygen atoms in total. The number of carboxylic acid groups (broad SMARTS) is 1. The molecule has 0 heterocycles. The standard InChI is InChI=1S/C17H23NO3/c1-2-17(9-5-6-10-17)12-18-15(19)11-13-7-3-4-8-14(13)16(20)21/h3-4,7-8H,2,5-6,9-12H2,1H3,(H,18,19)(H,20,21). The molecule has 1 aromatic carbocycles. The number of aromatic carboxylic acids is 1. The van der Waals surface area contributed by atoms with E-state index >= 15 is 0 Å². The van der Waals surface area contributed by atoms with Crippen LogP contribution < -0.4 is 5.32 Å². The molecule has 21 heavy (non-hydrogen) atoms. The second-order valence-electron chi connectivity index (χ2n) is 5.98. The van der Waals surface area contributed by atoms with Crippen molar-refractivity contribution in [1.82, 2.24) is 5.32 Å². The predicted octanol–water partition coefficient (Wildman–Crippen LogP) is 3.01. The van der Waals surface area contributed by atoms with E-state index in [1.54, 1.807) is 18.2 Å². The predicted molar refractivity (Wildman–Crippen MR) is 81.3 cm³/mol. The molecule has 0 radical (unpaired) electrons. The summed E-state index contributed by atoms with van der Waals surface area (Å²) in [4.78, 5) is 23.2. The fourth-order valence-corrected chi connectivity index (χ4v) is 3.18. The lowest BCUT2D eigenvalue weighted by Gasteiger charge is -2.27. The van der Waals surface area contributed by atoms with Crippen molar-refractivity contribution in [2.45, 2.75) is 45.4 Å². The van der Waals surface area contributed by atoms with Crippen LogP contribution in [-0.2, 0) is 11.2 Å². The molecule has 0 bridgehead atoms. The van der Waals surface area contributed by atoms with Crippen LogP contribution in [-0.4, -0.2) is 23.5 Å². The molecule has 1 aromatic rings. The van der Waals surface area contributed by atoms with Gasteiger partial charge in [-0.3, -0.25) is 4.79 Å². The quantitative estimate of drug-likeness (QED) is 0.846. The molecule has 0 saturated heterocycles. The highest BCUT2D eigenvalue weighted by Gasteiger charge is 2.32. The van der Waals surface area contributed by atoms with E-state index in [0.717, 1.165) is 6.42 Å². The normalized spacial score (nSPS) is 16.6. The minimum absolute atomic E-state index is 0.0941. The third-order valence-electron chi connectivity index (χ3n) is 4.67. The third kappa shape index (κ3) is 3.84. The Morgan fingerprint density at radius 3 is 2.52 bits per heavy atom. The van der Waals surface area contributed by atoms with E-state index < -0.39 is 5.97 Å². The number of rotatable bonds is 6. The molecular formula is C17H23NO3. The zero-order valence-electron chi connectivity index (χ0n) is 12.5. The van der Waals surface area contributed by atoms with Gasteiger partial charge in [0.25, 0.3) is 0 Å². The second kappa shape index (κ2) is 6.74. The van der Waals surface area contributed by atoms with E-state index in [0.29, 0.717) is 12.1 Å². The first kappa shape index (κ1) is 15.5. The van der Waals surface area contributed by atoms with E-state index in [1.165, 1.54) is 31.7 Å². The first-order chi connectivity index (χ1) is 10.1. The van der Waals surface area contributed by atoms with Gasteiger partial charge >= 0.3 is 5.97 Å². The summed E-state index contributed by atoms with van der Waals surface area (Å²) < 4.78 is 0. The maximum absolute atomic E-state index is 12.1. The minimum Gasteiger partial charge on any atom is -0.478 e. The van der Waals surface area contributed by atoms with Gasteiger partial charge in [0.05, 0.1) is 12.0 Å². The largest absolute Gasteiger partial charge is 0.478 e. The maximum atomic E-state index is 12.1. The summed E-state index contributed by atoms with van der Waals surface area (Å²) in [6.07, 6.45) is 6.05. The Balaban J connectivity index is 1.95. The molecule has 1 amide bonds. The first-order valence-corrected chi connectivity index (χ1v) is 7.64. The first-order valence-electron chi connectivity index (χ1n) is 7.64. The molecule has 1 fully saturated rings. The van der Waals surface area contributed by atoms with Gasteiger partial charge in [0.1, 0.15) is 0 Å². The van der Waals surface area contributed by atoms with Gasteiger partial charge < -0.3 is 10.4 Å². The average molecular weight is 289 g/mol. The lowest BCUT2D eigenvalue weighted by atomic mass is 9.83. The number of carbonyl (C=O) groups excluding carboxylic acids is 1. The van der Waals surface area contributed by atoms with Crippen molar-refractivity contribution in [3.63, 3.8) is 0 Å². The summed E-state index contributed by atoms with van der Waals surface area (Å²) in [6.45, 7) is 2.88. The molecule has 2 rings (SSSR count). The number of hydrogen-bond acceptors (Lipinski definition) is 2. The summed E-state index contributed by atoms with van der Waals surface area (Å²) in [5, 5.41) is 12.1. The zero-order valence-corrected chi connectivity index (χ0v) is 12.5. The molecule has 0 aliphatic heterocycles. The molecule has 1 saturated carbocycles. The zero-order chi connectivity index (χ0) is 15.3. The Labute approximate surface area is 125 Å². The minimum atomic E-state index is -0.987. The fourth-order valence-electron chi connectivity index (χ4n) is 3.18. The van der Waals surface area contributed by atoms with Crippen LogP contribution in [0.2, 0.25) is 0 Å². The SMILES string of the molecule is CCC1(CNC(=O)Cc2ccccc2C(=O)O)CCCC1. The second-order valence-corrected chi connectivity index (χ2v) is 5.98. The molecule has 4 heteroatoms. The molecule has 0 atom stereocenters. The maximum Gasteiger partial charge on any atom is 0.335 e. The van der Waals surface area contributed by atoms with Gasteiger partial charge in [0.2, 0.25) is 5.91 Å². The van der Waals surface area contributed by atoms with Crippen molar-refractivity contribution in [2.24, 2.45) is 5.41 Å². The molecule has 1 aliphatic rings. The van der Waals surface area contributed by atoms with Crippen molar-refractivity contribution in [2.75, 3.05) is 6.54 Å². The Morgan fingerprint density at radius 1 is 1.24 bits per heavy atom. The number of amides is 1. The van der Waals surface area contributed by atoms with Crippen LogP contribution in [0.1, 0.15) is 54.9 Å². The van der Waals surface area contributed by atoms with Crippen LogP contribution >= 0.6 is 0 Å².